The number of carbonyl (C=O) groups excluding carboxylic acids is 2. The minimum Gasteiger partial charge on any atom is -0.396 e. The van der Waals surface area contributed by atoms with E-state index in [-0.39, 0.29) is 18.2 Å². The molecule has 1 saturated carbocycles. The van der Waals surface area contributed by atoms with E-state index in [1.54, 1.807) is 16.7 Å². The molecule has 176 valence electrons. The zero-order valence-corrected chi connectivity index (χ0v) is 19.4. The number of hydrogen-bond acceptors (Lipinski definition) is 4. The molecule has 2 amide bonds. The number of carbonyl (C=O) groups is 2. The quantitative estimate of drug-likeness (QED) is 0.571. The van der Waals surface area contributed by atoms with Crippen molar-refractivity contribution in [2.75, 3.05) is 13.2 Å². The lowest BCUT2D eigenvalue weighted by Crippen LogP contribution is -2.55. The molecular weight excluding hydrogens is 408 g/mol. The number of nitrogens with one attached hydrogen (secondary N) is 2. The van der Waals surface area contributed by atoms with Gasteiger partial charge in [0.25, 0.3) is 0 Å². The minimum absolute atomic E-state index is 0.0251. The molecule has 1 aromatic heterocycles. The van der Waals surface area contributed by atoms with Gasteiger partial charge >= 0.3 is 11.7 Å². The molecule has 3 N–H and O–H groups in total. The predicted molar refractivity (Wildman–Crippen MR) is 125 cm³/mol. The number of nitrogens with zero attached hydrogens (tertiary/aromatic N) is 2. The van der Waals surface area contributed by atoms with Crippen molar-refractivity contribution in [1.82, 2.24) is 19.8 Å². The van der Waals surface area contributed by atoms with E-state index in [1.165, 1.54) is 19.3 Å². The van der Waals surface area contributed by atoms with Crippen LogP contribution in [0.1, 0.15) is 59.3 Å². The van der Waals surface area contributed by atoms with Crippen LogP contribution >= 0.6 is 0 Å². The van der Waals surface area contributed by atoms with Crippen LogP contribution in [-0.4, -0.2) is 45.4 Å². The third kappa shape index (κ3) is 5.41. The molecule has 2 aromatic rings. The fourth-order valence-corrected chi connectivity index (χ4v) is 4.46. The first-order valence-electron chi connectivity index (χ1n) is 11.6. The maximum absolute atomic E-state index is 13.4. The van der Waals surface area contributed by atoms with E-state index in [0.717, 1.165) is 22.9 Å². The molecule has 1 atom stereocenters. The molecule has 0 radical (unpaired) electrons. The van der Waals surface area contributed by atoms with Gasteiger partial charge in [0.1, 0.15) is 6.04 Å². The summed E-state index contributed by atoms with van der Waals surface area (Å²) in [5, 5.41) is 14.5. The average Bonchev–Trinajstić information content (AvgIpc) is 3.03. The highest BCUT2D eigenvalue weighted by Gasteiger charge is 2.34. The molecular formula is C24H36N4O4. The Kier molecular flexibility index (Phi) is 7.77. The van der Waals surface area contributed by atoms with Crippen LogP contribution in [0, 0.1) is 11.3 Å². The molecule has 1 aliphatic carbocycles. The maximum Gasteiger partial charge on any atom is 0.337 e. The zero-order valence-electron chi connectivity index (χ0n) is 19.4. The van der Waals surface area contributed by atoms with Crippen LogP contribution in [0.15, 0.2) is 29.1 Å². The normalized spacial score (nSPS) is 16.1. The van der Waals surface area contributed by atoms with E-state index in [9.17, 15) is 14.4 Å². The Balaban J connectivity index is 1.90. The summed E-state index contributed by atoms with van der Waals surface area (Å²) < 4.78 is 2.86. The molecule has 32 heavy (non-hydrogen) atoms. The number of aliphatic hydroxyl groups is 1. The SMILES string of the molecule is CC(C)(C)[C@H](NC(=O)n1c(=O)n(CC2CCCCC2)c2ccccc21)C(=O)NCCCO. The van der Waals surface area contributed by atoms with Crippen LogP contribution in [0.4, 0.5) is 4.79 Å². The first kappa shape index (κ1) is 24.0. The highest BCUT2D eigenvalue weighted by atomic mass is 16.3. The summed E-state index contributed by atoms with van der Waals surface area (Å²) in [7, 11) is 0. The topological polar surface area (TPSA) is 105 Å². The largest absolute Gasteiger partial charge is 0.396 e. The van der Waals surface area contributed by atoms with Gasteiger partial charge in [-0.3, -0.25) is 9.36 Å². The van der Waals surface area contributed by atoms with Crippen molar-refractivity contribution >= 4 is 23.0 Å². The number of imidazole rings is 1. The molecule has 0 aliphatic heterocycles. The molecule has 0 bridgehead atoms. The Morgan fingerprint density at radius 3 is 2.41 bits per heavy atom. The lowest BCUT2D eigenvalue weighted by Gasteiger charge is -2.30. The van der Waals surface area contributed by atoms with Crippen LogP contribution in [0.3, 0.4) is 0 Å². The van der Waals surface area contributed by atoms with Gasteiger partial charge in [-0.2, -0.15) is 0 Å². The Bertz CT molecular complexity index is 996. The Hall–Kier alpha value is -2.61. The molecule has 8 nitrogen and oxygen atoms in total. The summed E-state index contributed by atoms with van der Waals surface area (Å²) in [5.41, 5.74) is 0.336. The van der Waals surface area contributed by atoms with Crippen LogP contribution in [-0.2, 0) is 11.3 Å². The van der Waals surface area contributed by atoms with Gasteiger partial charge in [0, 0.05) is 19.7 Å². The molecule has 1 fully saturated rings. The second-order valence-electron chi connectivity index (χ2n) is 9.84. The lowest BCUT2D eigenvalue weighted by atomic mass is 9.86. The molecule has 3 rings (SSSR count). The molecule has 1 aliphatic rings. The summed E-state index contributed by atoms with van der Waals surface area (Å²) in [6.45, 7) is 6.47. The smallest absolute Gasteiger partial charge is 0.337 e. The third-order valence-electron chi connectivity index (χ3n) is 6.23. The number of benzene rings is 1. The van der Waals surface area contributed by atoms with E-state index < -0.39 is 17.5 Å². The van der Waals surface area contributed by atoms with Crippen LogP contribution < -0.4 is 16.3 Å². The summed E-state index contributed by atoms with van der Waals surface area (Å²) >= 11 is 0. The first-order valence-corrected chi connectivity index (χ1v) is 11.6. The van der Waals surface area contributed by atoms with Crippen LogP contribution in [0.2, 0.25) is 0 Å². The van der Waals surface area contributed by atoms with E-state index in [4.69, 9.17) is 5.11 Å². The first-order chi connectivity index (χ1) is 15.2. The van der Waals surface area contributed by atoms with Crippen molar-refractivity contribution in [2.45, 2.75) is 71.9 Å². The Labute approximate surface area is 189 Å². The fourth-order valence-electron chi connectivity index (χ4n) is 4.46. The molecule has 1 aromatic carbocycles. The number of aliphatic hydroxyl groups excluding tert-OH is 1. The summed E-state index contributed by atoms with van der Waals surface area (Å²) in [6.07, 6.45) is 6.22. The van der Waals surface area contributed by atoms with Gasteiger partial charge in [0.05, 0.1) is 11.0 Å². The lowest BCUT2D eigenvalue weighted by molar-refractivity contribution is -0.125. The van der Waals surface area contributed by atoms with Gasteiger partial charge in [-0.1, -0.05) is 52.2 Å². The van der Waals surface area contributed by atoms with Crippen molar-refractivity contribution in [2.24, 2.45) is 11.3 Å². The third-order valence-corrected chi connectivity index (χ3v) is 6.23. The number of hydrogen-bond donors (Lipinski definition) is 3. The standard InChI is InChI=1S/C24H36N4O4/c1-24(2,3)20(21(30)25-14-9-15-29)26-22(31)28-19-13-8-7-12-18(19)27(23(28)32)16-17-10-5-4-6-11-17/h7-8,12-13,17,20,29H,4-6,9-11,14-16H2,1-3H3,(H,25,30)(H,26,31)/t20-/m1/s1. The molecule has 0 unspecified atom stereocenters. The van der Waals surface area contributed by atoms with Gasteiger partial charge < -0.3 is 15.7 Å². The second kappa shape index (κ2) is 10.3. The summed E-state index contributed by atoms with van der Waals surface area (Å²) in [5.74, 6) is 0.0988. The molecule has 8 heteroatoms. The second-order valence-corrected chi connectivity index (χ2v) is 9.84. The fraction of sp³-hybridized carbons (Fsp3) is 0.625. The highest BCUT2D eigenvalue weighted by molar-refractivity contribution is 5.93. The van der Waals surface area contributed by atoms with Crippen molar-refractivity contribution in [1.29, 1.82) is 0 Å². The van der Waals surface area contributed by atoms with Gasteiger partial charge in [-0.15, -0.1) is 0 Å². The molecule has 0 spiro atoms. The number of rotatable bonds is 7. The monoisotopic (exact) mass is 444 g/mol. The number of fused-ring (bicyclic) bond motifs is 1. The van der Waals surface area contributed by atoms with Crippen molar-refractivity contribution in [3.8, 4) is 0 Å². The van der Waals surface area contributed by atoms with Crippen molar-refractivity contribution < 1.29 is 14.7 Å². The number of para-hydroxylation sites is 2. The van der Waals surface area contributed by atoms with Crippen molar-refractivity contribution in [3.05, 3.63) is 34.7 Å². The minimum atomic E-state index is -0.832. The van der Waals surface area contributed by atoms with Gasteiger partial charge in [-0.05, 0) is 42.7 Å². The molecule has 1 heterocycles. The summed E-state index contributed by atoms with van der Waals surface area (Å²) in [6, 6.07) is 5.87. The highest BCUT2D eigenvalue weighted by Crippen LogP contribution is 2.26. The van der Waals surface area contributed by atoms with E-state index in [0.29, 0.717) is 30.9 Å². The average molecular weight is 445 g/mol. The van der Waals surface area contributed by atoms with Crippen LogP contribution in [0.5, 0.6) is 0 Å². The van der Waals surface area contributed by atoms with Crippen LogP contribution in [0.25, 0.3) is 11.0 Å². The Morgan fingerprint density at radius 2 is 1.78 bits per heavy atom. The predicted octanol–water partition coefficient (Wildman–Crippen LogP) is 2.85. The van der Waals surface area contributed by atoms with Gasteiger partial charge in [0.15, 0.2) is 0 Å². The number of amides is 2. The maximum atomic E-state index is 13.4. The van der Waals surface area contributed by atoms with Gasteiger partial charge in [-0.25, -0.2) is 14.2 Å². The Morgan fingerprint density at radius 1 is 1.12 bits per heavy atom. The summed E-state index contributed by atoms with van der Waals surface area (Å²) in [4.78, 5) is 39.4. The molecule has 0 saturated heterocycles. The van der Waals surface area contributed by atoms with E-state index in [1.807, 2.05) is 32.9 Å². The van der Waals surface area contributed by atoms with E-state index >= 15 is 0 Å². The van der Waals surface area contributed by atoms with Gasteiger partial charge in [0.2, 0.25) is 5.91 Å². The van der Waals surface area contributed by atoms with E-state index in [2.05, 4.69) is 10.6 Å². The zero-order chi connectivity index (χ0) is 23.3. The number of aromatic nitrogens is 2. The van der Waals surface area contributed by atoms with Crippen molar-refractivity contribution in [3.63, 3.8) is 0 Å².